The lowest BCUT2D eigenvalue weighted by atomic mass is 9.98. The van der Waals surface area contributed by atoms with Crippen molar-refractivity contribution in [2.45, 2.75) is 31.2 Å². The summed E-state index contributed by atoms with van der Waals surface area (Å²) in [4.78, 5) is 24.6. The maximum Gasteiger partial charge on any atom is 0.253 e. The third-order valence-electron chi connectivity index (χ3n) is 3.22. The Morgan fingerprint density at radius 2 is 2.10 bits per heavy atom. The highest BCUT2D eigenvalue weighted by Gasteiger charge is 2.25. The summed E-state index contributed by atoms with van der Waals surface area (Å²) >= 11 is 7.55. The van der Waals surface area contributed by atoms with Crippen LogP contribution in [0.5, 0.6) is 0 Å². The summed E-state index contributed by atoms with van der Waals surface area (Å²) in [6, 6.07) is 4.52. The molecule has 0 aliphatic carbocycles. The number of amides is 2. The zero-order valence-electron chi connectivity index (χ0n) is 11.8. The lowest BCUT2D eigenvalue weighted by Crippen LogP contribution is -2.48. The van der Waals surface area contributed by atoms with Gasteiger partial charge in [-0.15, -0.1) is 11.8 Å². The maximum absolute atomic E-state index is 12.3. The van der Waals surface area contributed by atoms with Crippen molar-refractivity contribution in [1.82, 2.24) is 5.32 Å². The van der Waals surface area contributed by atoms with E-state index in [9.17, 15) is 9.59 Å². The highest BCUT2D eigenvalue weighted by atomic mass is 35.5. The Hall–Kier alpha value is -1.20. The molecule has 0 fully saturated rings. The van der Waals surface area contributed by atoms with Crippen molar-refractivity contribution in [3.8, 4) is 0 Å². The normalized spacial score (nSPS) is 13.6. The van der Waals surface area contributed by atoms with E-state index in [2.05, 4.69) is 5.32 Å². The number of hydrogen-bond acceptors (Lipinski definition) is 3. The second kappa shape index (κ2) is 7.55. The van der Waals surface area contributed by atoms with E-state index in [0.29, 0.717) is 10.6 Å². The molecular formula is C14H19ClN2O2S. The molecule has 6 heteroatoms. The standard InChI is InChI=1S/C14H19ClN2O2S/c1-4-8(2)12(13(16)18)17-14(19)10-7-9(20-3)5-6-11(10)15/h5-8,12H,4H2,1-3H3,(H2,16,18)(H,17,19). The van der Waals surface area contributed by atoms with Crippen molar-refractivity contribution in [2.75, 3.05) is 6.26 Å². The Morgan fingerprint density at radius 1 is 1.45 bits per heavy atom. The minimum Gasteiger partial charge on any atom is -0.368 e. The van der Waals surface area contributed by atoms with Gasteiger partial charge in [0.05, 0.1) is 10.6 Å². The molecule has 1 aromatic carbocycles. The number of carbonyl (C=O) groups excluding carboxylic acids is 2. The molecule has 0 radical (unpaired) electrons. The molecular weight excluding hydrogens is 296 g/mol. The highest BCUT2D eigenvalue weighted by Crippen LogP contribution is 2.23. The van der Waals surface area contributed by atoms with E-state index in [1.54, 1.807) is 12.1 Å². The SMILES string of the molecule is CCC(C)C(NC(=O)c1cc(SC)ccc1Cl)C(N)=O. The van der Waals surface area contributed by atoms with Crippen molar-refractivity contribution < 1.29 is 9.59 Å². The first-order chi connectivity index (χ1) is 9.40. The van der Waals surface area contributed by atoms with E-state index in [0.717, 1.165) is 11.3 Å². The van der Waals surface area contributed by atoms with Gasteiger partial charge in [-0.3, -0.25) is 9.59 Å². The van der Waals surface area contributed by atoms with Crippen LogP contribution < -0.4 is 11.1 Å². The van der Waals surface area contributed by atoms with Crippen molar-refractivity contribution in [3.05, 3.63) is 28.8 Å². The predicted molar refractivity (Wildman–Crippen MR) is 83.1 cm³/mol. The van der Waals surface area contributed by atoms with Gasteiger partial charge in [0.2, 0.25) is 5.91 Å². The summed E-state index contributed by atoms with van der Waals surface area (Å²) in [6.07, 6.45) is 2.66. The molecule has 0 heterocycles. The third kappa shape index (κ3) is 4.15. The third-order valence-corrected chi connectivity index (χ3v) is 4.28. The van der Waals surface area contributed by atoms with Gasteiger partial charge >= 0.3 is 0 Å². The summed E-state index contributed by atoms with van der Waals surface area (Å²) in [5.74, 6) is -0.946. The van der Waals surface area contributed by atoms with Crippen LogP contribution in [-0.4, -0.2) is 24.1 Å². The molecule has 0 bridgehead atoms. The summed E-state index contributed by atoms with van der Waals surface area (Å²) in [7, 11) is 0. The van der Waals surface area contributed by atoms with Crippen LogP contribution in [0, 0.1) is 5.92 Å². The molecule has 0 aliphatic rings. The Bertz CT molecular complexity index is 508. The van der Waals surface area contributed by atoms with Gasteiger partial charge in [0.25, 0.3) is 5.91 Å². The molecule has 2 unspecified atom stereocenters. The number of nitrogens with two attached hydrogens (primary N) is 1. The fraction of sp³-hybridized carbons (Fsp3) is 0.429. The number of primary amides is 1. The van der Waals surface area contributed by atoms with E-state index in [1.807, 2.05) is 26.2 Å². The fourth-order valence-corrected chi connectivity index (χ4v) is 2.40. The van der Waals surface area contributed by atoms with Gasteiger partial charge < -0.3 is 11.1 Å². The van der Waals surface area contributed by atoms with E-state index in [-0.39, 0.29) is 11.8 Å². The van der Waals surface area contributed by atoms with Crippen LogP contribution in [0.2, 0.25) is 5.02 Å². The largest absolute Gasteiger partial charge is 0.368 e. The lowest BCUT2D eigenvalue weighted by molar-refractivity contribution is -0.120. The topological polar surface area (TPSA) is 72.2 Å². The Balaban J connectivity index is 2.97. The number of thioether (sulfide) groups is 1. The first kappa shape index (κ1) is 16.9. The second-order valence-corrected chi connectivity index (χ2v) is 5.87. The van der Waals surface area contributed by atoms with Crippen LogP contribution in [0.15, 0.2) is 23.1 Å². The van der Waals surface area contributed by atoms with E-state index in [1.165, 1.54) is 11.8 Å². The lowest BCUT2D eigenvalue weighted by Gasteiger charge is -2.21. The average molecular weight is 315 g/mol. The van der Waals surface area contributed by atoms with E-state index >= 15 is 0 Å². The molecule has 110 valence electrons. The smallest absolute Gasteiger partial charge is 0.253 e. The van der Waals surface area contributed by atoms with Crippen LogP contribution in [0.25, 0.3) is 0 Å². The molecule has 20 heavy (non-hydrogen) atoms. The second-order valence-electron chi connectivity index (χ2n) is 4.58. The molecule has 2 atom stereocenters. The summed E-state index contributed by atoms with van der Waals surface area (Å²) in [5, 5.41) is 3.02. The molecule has 0 spiro atoms. The van der Waals surface area contributed by atoms with Crippen LogP contribution in [0.1, 0.15) is 30.6 Å². The first-order valence-corrected chi connectivity index (χ1v) is 7.94. The van der Waals surface area contributed by atoms with Crippen molar-refractivity contribution in [1.29, 1.82) is 0 Å². The number of hydrogen-bond donors (Lipinski definition) is 2. The molecule has 0 saturated carbocycles. The molecule has 3 N–H and O–H groups in total. The van der Waals surface area contributed by atoms with Crippen molar-refractivity contribution >= 4 is 35.2 Å². The quantitative estimate of drug-likeness (QED) is 0.793. The van der Waals surface area contributed by atoms with Crippen LogP contribution in [-0.2, 0) is 4.79 Å². The van der Waals surface area contributed by atoms with Gasteiger partial charge in [0.1, 0.15) is 6.04 Å². The molecule has 2 amide bonds. The van der Waals surface area contributed by atoms with Gasteiger partial charge in [-0.05, 0) is 30.4 Å². The number of nitrogens with one attached hydrogen (secondary N) is 1. The summed E-state index contributed by atoms with van der Waals surface area (Å²) in [5.41, 5.74) is 5.70. The average Bonchev–Trinajstić information content (AvgIpc) is 2.43. The van der Waals surface area contributed by atoms with Gasteiger partial charge in [-0.2, -0.15) is 0 Å². The summed E-state index contributed by atoms with van der Waals surface area (Å²) in [6.45, 7) is 3.81. The van der Waals surface area contributed by atoms with E-state index < -0.39 is 11.9 Å². The maximum atomic E-state index is 12.3. The monoisotopic (exact) mass is 314 g/mol. The molecule has 4 nitrogen and oxygen atoms in total. The molecule has 0 aromatic heterocycles. The first-order valence-electron chi connectivity index (χ1n) is 6.34. The number of benzene rings is 1. The fourth-order valence-electron chi connectivity index (χ4n) is 1.75. The van der Waals surface area contributed by atoms with Gasteiger partial charge in [-0.1, -0.05) is 31.9 Å². The van der Waals surface area contributed by atoms with Gasteiger partial charge in [0, 0.05) is 4.90 Å². The Labute approximate surface area is 128 Å². The van der Waals surface area contributed by atoms with Crippen LogP contribution >= 0.6 is 23.4 Å². The molecule has 1 aromatic rings. The minimum atomic E-state index is -0.693. The van der Waals surface area contributed by atoms with Crippen molar-refractivity contribution in [2.24, 2.45) is 11.7 Å². The van der Waals surface area contributed by atoms with Gasteiger partial charge in [-0.25, -0.2) is 0 Å². The predicted octanol–water partition coefficient (Wildman–Crippen LogP) is 2.69. The molecule has 1 rings (SSSR count). The number of rotatable bonds is 6. The Kier molecular flexibility index (Phi) is 6.36. The number of carbonyl (C=O) groups is 2. The van der Waals surface area contributed by atoms with Crippen LogP contribution in [0.3, 0.4) is 0 Å². The molecule has 0 aliphatic heterocycles. The minimum absolute atomic E-state index is 0.0287. The zero-order chi connectivity index (χ0) is 15.3. The summed E-state index contributed by atoms with van der Waals surface area (Å²) < 4.78 is 0. The van der Waals surface area contributed by atoms with Crippen molar-refractivity contribution in [3.63, 3.8) is 0 Å². The molecule has 0 saturated heterocycles. The van der Waals surface area contributed by atoms with Gasteiger partial charge in [0.15, 0.2) is 0 Å². The van der Waals surface area contributed by atoms with Crippen LogP contribution in [0.4, 0.5) is 0 Å². The van der Waals surface area contributed by atoms with E-state index in [4.69, 9.17) is 17.3 Å². The Morgan fingerprint density at radius 3 is 2.60 bits per heavy atom. The highest BCUT2D eigenvalue weighted by molar-refractivity contribution is 7.98. The zero-order valence-corrected chi connectivity index (χ0v) is 13.3. The number of halogens is 1.